The summed E-state index contributed by atoms with van der Waals surface area (Å²) in [5.41, 5.74) is 6.59. The molecule has 35 heavy (non-hydrogen) atoms. The molecule has 4 aromatic rings. The number of benzene rings is 3. The first-order valence-corrected chi connectivity index (χ1v) is 13.6. The summed E-state index contributed by atoms with van der Waals surface area (Å²) in [5.74, 6) is 2.86. The minimum Gasteiger partial charge on any atom is -0.497 e. The van der Waals surface area contributed by atoms with E-state index in [-0.39, 0.29) is 0 Å². The van der Waals surface area contributed by atoms with Crippen LogP contribution in [0.2, 0.25) is 0 Å². The highest BCUT2D eigenvalue weighted by atomic mass is 32.2. The zero-order valence-electron chi connectivity index (χ0n) is 20.3. The number of likely N-dealkylation sites (tertiary alicyclic amines) is 1. The molecule has 0 spiro atoms. The van der Waals surface area contributed by atoms with Crippen LogP contribution in [-0.2, 0) is 12.3 Å². The standard InChI is InChI=1S/C30H32N2O2S/c1-33-25-13-14-28-27(19-25)30-29(26-8-4-3-7-23(26)21-35-30)32(28)20-22-9-11-24(12-10-22)34-18-17-31-15-5-2-6-16-31/h3-4,7-14,19H,2,5-6,15-18,20-21H2,1H3. The summed E-state index contributed by atoms with van der Waals surface area (Å²) in [6, 6.07) is 23.9. The number of fused-ring (bicyclic) bond motifs is 5. The van der Waals surface area contributed by atoms with Crippen LogP contribution >= 0.6 is 11.8 Å². The highest BCUT2D eigenvalue weighted by Crippen LogP contribution is 2.48. The van der Waals surface area contributed by atoms with E-state index in [2.05, 4.69) is 76.2 Å². The third-order valence-electron chi connectivity index (χ3n) is 7.26. The number of methoxy groups -OCH3 is 1. The lowest BCUT2D eigenvalue weighted by atomic mass is 10.0. The van der Waals surface area contributed by atoms with E-state index < -0.39 is 0 Å². The fourth-order valence-electron chi connectivity index (χ4n) is 5.38. The number of hydrogen-bond acceptors (Lipinski definition) is 4. The topological polar surface area (TPSA) is 26.6 Å². The van der Waals surface area contributed by atoms with Gasteiger partial charge in [-0.2, -0.15) is 0 Å². The van der Waals surface area contributed by atoms with Gasteiger partial charge in [-0.1, -0.05) is 42.8 Å². The summed E-state index contributed by atoms with van der Waals surface area (Å²) < 4.78 is 14.1. The smallest absolute Gasteiger partial charge is 0.119 e. The summed E-state index contributed by atoms with van der Waals surface area (Å²) in [5, 5.41) is 1.27. The van der Waals surface area contributed by atoms with Gasteiger partial charge in [0.2, 0.25) is 0 Å². The highest BCUT2D eigenvalue weighted by molar-refractivity contribution is 7.99. The van der Waals surface area contributed by atoms with Crippen LogP contribution in [-0.4, -0.2) is 42.8 Å². The minimum atomic E-state index is 0.755. The number of hydrogen-bond donors (Lipinski definition) is 0. The first kappa shape index (κ1) is 22.6. The fraction of sp³-hybridized carbons (Fsp3) is 0.333. The fourth-order valence-corrected chi connectivity index (χ4v) is 6.61. The summed E-state index contributed by atoms with van der Waals surface area (Å²) in [7, 11) is 1.74. The molecule has 2 aliphatic heterocycles. The van der Waals surface area contributed by atoms with Gasteiger partial charge in [-0.25, -0.2) is 0 Å². The molecule has 6 rings (SSSR count). The van der Waals surface area contributed by atoms with Crippen molar-refractivity contribution in [1.82, 2.24) is 9.47 Å². The second-order valence-electron chi connectivity index (χ2n) is 9.49. The Morgan fingerprint density at radius 3 is 2.51 bits per heavy atom. The zero-order valence-corrected chi connectivity index (χ0v) is 21.2. The molecule has 0 amide bonds. The van der Waals surface area contributed by atoms with Gasteiger partial charge in [0.25, 0.3) is 0 Å². The molecule has 0 unspecified atom stereocenters. The third-order valence-corrected chi connectivity index (χ3v) is 8.41. The molecular formula is C30H32N2O2S. The van der Waals surface area contributed by atoms with Crippen molar-refractivity contribution in [2.75, 3.05) is 33.4 Å². The van der Waals surface area contributed by atoms with Crippen molar-refractivity contribution in [2.45, 2.75) is 36.5 Å². The Bertz CT molecular complexity index is 1320. The van der Waals surface area contributed by atoms with Crippen LogP contribution in [0.1, 0.15) is 30.4 Å². The monoisotopic (exact) mass is 484 g/mol. The quantitative estimate of drug-likeness (QED) is 0.287. The molecule has 1 fully saturated rings. The first-order valence-electron chi connectivity index (χ1n) is 12.7. The molecule has 1 saturated heterocycles. The molecule has 0 saturated carbocycles. The van der Waals surface area contributed by atoms with E-state index in [0.717, 1.165) is 36.9 Å². The van der Waals surface area contributed by atoms with Crippen LogP contribution in [0.25, 0.3) is 22.2 Å². The molecule has 3 aromatic carbocycles. The molecular weight excluding hydrogens is 452 g/mol. The lowest BCUT2D eigenvalue weighted by Crippen LogP contribution is -2.33. The molecule has 0 atom stereocenters. The number of aromatic nitrogens is 1. The van der Waals surface area contributed by atoms with Gasteiger partial charge in [-0.05, 0) is 67.4 Å². The van der Waals surface area contributed by atoms with Gasteiger partial charge in [0.15, 0.2) is 0 Å². The van der Waals surface area contributed by atoms with E-state index in [9.17, 15) is 0 Å². The van der Waals surface area contributed by atoms with Crippen molar-refractivity contribution < 1.29 is 9.47 Å². The maximum absolute atomic E-state index is 6.07. The summed E-state index contributed by atoms with van der Waals surface area (Å²) >= 11 is 1.93. The minimum absolute atomic E-state index is 0.755. The first-order chi connectivity index (χ1) is 17.3. The summed E-state index contributed by atoms with van der Waals surface area (Å²) in [6.45, 7) is 5.02. The van der Waals surface area contributed by atoms with Crippen LogP contribution in [0.15, 0.2) is 71.6 Å². The van der Waals surface area contributed by atoms with Crippen molar-refractivity contribution in [3.05, 3.63) is 77.9 Å². The van der Waals surface area contributed by atoms with Gasteiger partial charge in [-0.3, -0.25) is 4.90 Å². The van der Waals surface area contributed by atoms with Crippen molar-refractivity contribution >= 4 is 22.7 Å². The zero-order chi connectivity index (χ0) is 23.6. The SMILES string of the molecule is COc1ccc2c(c1)c1c(n2Cc2ccc(OCCN3CCCCC3)cc2)-c2ccccc2CS1. The largest absolute Gasteiger partial charge is 0.497 e. The second-order valence-corrected chi connectivity index (χ2v) is 10.5. The predicted molar refractivity (Wildman–Crippen MR) is 145 cm³/mol. The van der Waals surface area contributed by atoms with E-state index in [4.69, 9.17) is 9.47 Å². The Hall–Kier alpha value is -2.89. The molecule has 0 bridgehead atoms. The van der Waals surface area contributed by atoms with Crippen molar-refractivity contribution in [1.29, 1.82) is 0 Å². The lowest BCUT2D eigenvalue weighted by molar-refractivity contribution is 0.183. The third kappa shape index (κ3) is 4.55. The molecule has 5 heteroatoms. The predicted octanol–water partition coefficient (Wildman–Crippen LogP) is 6.84. The maximum atomic E-state index is 6.07. The Kier molecular flexibility index (Phi) is 6.45. The molecule has 2 aliphatic rings. The summed E-state index contributed by atoms with van der Waals surface area (Å²) in [4.78, 5) is 3.87. The van der Waals surface area contributed by atoms with E-state index in [1.807, 2.05) is 11.8 Å². The number of thioether (sulfide) groups is 1. The lowest BCUT2D eigenvalue weighted by Gasteiger charge is -2.26. The molecule has 180 valence electrons. The molecule has 3 heterocycles. The van der Waals surface area contributed by atoms with Gasteiger partial charge < -0.3 is 14.0 Å². The van der Waals surface area contributed by atoms with Crippen molar-refractivity contribution in [2.24, 2.45) is 0 Å². The maximum Gasteiger partial charge on any atom is 0.119 e. The van der Waals surface area contributed by atoms with Crippen LogP contribution in [0.5, 0.6) is 11.5 Å². The van der Waals surface area contributed by atoms with E-state index in [1.165, 1.54) is 70.5 Å². The Morgan fingerprint density at radius 2 is 1.69 bits per heavy atom. The summed E-state index contributed by atoms with van der Waals surface area (Å²) in [6.07, 6.45) is 4.01. The van der Waals surface area contributed by atoms with Crippen LogP contribution < -0.4 is 9.47 Å². The van der Waals surface area contributed by atoms with E-state index in [1.54, 1.807) is 7.11 Å². The molecule has 4 nitrogen and oxygen atoms in total. The molecule has 0 aliphatic carbocycles. The molecule has 0 radical (unpaired) electrons. The van der Waals surface area contributed by atoms with Gasteiger partial charge >= 0.3 is 0 Å². The Labute approximate surface area is 211 Å². The highest BCUT2D eigenvalue weighted by Gasteiger charge is 2.25. The van der Waals surface area contributed by atoms with E-state index >= 15 is 0 Å². The average Bonchev–Trinajstić information content (AvgIpc) is 3.23. The van der Waals surface area contributed by atoms with E-state index in [0.29, 0.717) is 0 Å². The van der Waals surface area contributed by atoms with Crippen molar-refractivity contribution in [3.8, 4) is 22.8 Å². The normalized spacial score (nSPS) is 15.6. The second kappa shape index (κ2) is 10.00. The molecule has 1 aromatic heterocycles. The van der Waals surface area contributed by atoms with Gasteiger partial charge in [0.1, 0.15) is 18.1 Å². The number of rotatable bonds is 7. The van der Waals surface area contributed by atoms with Crippen LogP contribution in [0.4, 0.5) is 0 Å². The number of ether oxygens (including phenoxy) is 2. The number of nitrogens with zero attached hydrogens (tertiary/aromatic N) is 2. The Morgan fingerprint density at radius 1 is 0.886 bits per heavy atom. The van der Waals surface area contributed by atoms with Gasteiger partial charge in [0.05, 0.1) is 18.3 Å². The van der Waals surface area contributed by atoms with Crippen LogP contribution in [0.3, 0.4) is 0 Å². The van der Waals surface area contributed by atoms with Crippen LogP contribution in [0, 0.1) is 0 Å². The average molecular weight is 485 g/mol. The van der Waals surface area contributed by atoms with Gasteiger partial charge in [0, 0.05) is 34.7 Å². The Balaban J connectivity index is 1.26. The van der Waals surface area contributed by atoms with Gasteiger partial charge in [-0.15, -0.1) is 11.8 Å². The number of piperidine rings is 1. The van der Waals surface area contributed by atoms with Crippen molar-refractivity contribution in [3.63, 3.8) is 0 Å². The molecule has 0 N–H and O–H groups in total.